The van der Waals surface area contributed by atoms with Gasteiger partial charge in [0, 0.05) is 12.1 Å². The molecule has 0 radical (unpaired) electrons. The highest BCUT2D eigenvalue weighted by Crippen LogP contribution is 2.30. The van der Waals surface area contributed by atoms with Crippen molar-refractivity contribution in [3.05, 3.63) is 35.9 Å². The number of piperidine rings is 3. The van der Waals surface area contributed by atoms with E-state index in [1.54, 1.807) is 12.1 Å². The van der Waals surface area contributed by atoms with E-state index >= 15 is 0 Å². The number of esters is 1. The highest BCUT2D eigenvalue weighted by molar-refractivity contribution is 5.96. The summed E-state index contributed by atoms with van der Waals surface area (Å²) in [6.45, 7) is 6.89. The average Bonchev–Trinajstić information content (AvgIpc) is 2.61. The third-order valence-corrected chi connectivity index (χ3v) is 5.11. The second-order valence-electron chi connectivity index (χ2n) is 7.17. The van der Waals surface area contributed by atoms with Gasteiger partial charge < -0.3 is 10.1 Å². The number of hydrogen-bond donors (Lipinski definition) is 1. The number of nitrogens with one attached hydrogen (secondary N) is 1. The first-order chi connectivity index (χ1) is 11.5. The van der Waals surface area contributed by atoms with Gasteiger partial charge in [-0.1, -0.05) is 32.0 Å². The highest BCUT2D eigenvalue weighted by Gasteiger charge is 2.38. The van der Waals surface area contributed by atoms with E-state index in [9.17, 15) is 9.59 Å². The normalized spacial score (nSPS) is 26.9. The Bertz CT molecular complexity index is 580. The molecular formula is C19H26N2O3. The summed E-state index contributed by atoms with van der Waals surface area (Å²) in [6, 6.07) is 8.35. The van der Waals surface area contributed by atoms with Crippen LogP contribution in [0.25, 0.3) is 0 Å². The van der Waals surface area contributed by atoms with Gasteiger partial charge >= 0.3 is 5.97 Å². The molecule has 0 spiro atoms. The second-order valence-corrected chi connectivity index (χ2v) is 7.17. The number of fused-ring (bicyclic) bond motifs is 3. The van der Waals surface area contributed by atoms with Gasteiger partial charge in [0.25, 0.3) is 5.91 Å². The summed E-state index contributed by atoms with van der Waals surface area (Å²) in [4.78, 5) is 27.3. The minimum Gasteiger partial charge on any atom is -0.459 e. The van der Waals surface area contributed by atoms with Gasteiger partial charge in [0.05, 0.1) is 0 Å². The maximum atomic E-state index is 12.6. The minimum absolute atomic E-state index is 0.0220. The molecule has 2 bridgehead atoms. The van der Waals surface area contributed by atoms with Gasteiger partial charge in [-0.2, -0.15) is 0 Å². The Balaban J connectivity index is 1.62. The topological polar surface area (TPSA) is 58.6 Å². The fourth-order valence-corrected chi connectivity index (χ4v) is 3.58. The molecule has 3 heterocycles. The first-order valence-corrected chi connectivity index (χ1v) is 8.83. The molecule has 1 amide bonds. The number of nitrogens with zero attached hydrogens (tertiary/aromatic N) is 1. The van der Waals surface area contributed by atoms with Crippen molar-refractivity contribution >= 4 is 11.9 Å². The molecule has 0 saturated carbocycles. The lowest BCUT2D eigenvalue weighted by molar-refractivity contribution is -0.162. The fourth-order valence-electron chi connectivity index (χ4n) is 3.58. The number of ether oxygens (including phenoxy) is 1. The van der Waals surface area contributed by atoms with Gasteiger partial charge in [0.1, 0.15) is 12.1 Å². The van der Waals surface area contributed by atoms with E-state index in [2.05, 4.69) is 10.2 Å². The summed E-state index contributed by atoms with van der Waals surface area (Å²) in [5, 5.41) is 2.84. The standard InChI is InChI=1S/C19H26N2O3/c1-13(2)17(20-18(22)15-6-4-3-5-7-15)19(23)24-16-12-21-10-8-14(16)9-11-21/h3-7,13-14,16-17H,8-12H2,1-2H3,(H,20,22)/t16-,17?/m0/s1. The molecule has 1 unspecified atom stereocenters. The van der Waals surface area contributed by atoms with Crippen LogP contribution in [0, 0.1) is 11.8 Å². The Morgan fingerprint density at radius 2 is 1.83 bits per heavy atom. The van der Waals surface area contributed by atoms with Crippen LogP contribution in [-0.4, -0.2) is 48.6 Å². The Hall–Kier alpha value is -1.88. The Labute approximate surface area is 143 Å². The number of hydrogen-bond acceptors (Lipinski definition) is 4. The molecule has 5 heteroatoms. The van der Waals surface area contributed by atoms with E-state index in [1.165, 1.54) is 0 Å². The lowest BCUT2D eigenvalue weighted by atomic mass is 9.86. The first kappa shape index (κ1) is 17.0. The van der Waals surface area contributed by atoms with Gasteiger partial charge in [0.15, 0.2) is 0 Å². The fraction of sp³-hybridized carbons (Fsp3) is 0.579. The predicted octanol–water partition coefficient (Wildman–Crippen LogP) is 2.08. The second kappa shape index (κ2) is 7.34. The van der Waals surface area contributed by atoms with Crippen molar-refractivity contribution < 1.29 is 14.3 Å². The SMILES string of the molecule is CC(C)C(NC(=O)c1ccccc1)C(=O)O[C@H]1CN2CCC1CC2. The third-order valence-electron chi connectivity index (χ3n) is 5.11. The molecule has 2 atom stereocenters. The number of rotatable bonds is 5. The van der Waals surface area contributed by atoms with Gasteiger partial charge in [-0.3, -0.25) is 9.69 Å². The molecule has 3 aliphatic rings. The molecule has 1 aromatic rings. The highest BCUT2D eigenvalue weighted by atomic mass is 16.5. The van der Waals surface area contributed by atoms with Crippen LogP contribution in [0.3, 0.4) is 0 Å². The molecular weight excluding hydrogens is 304 g/mol. The van der Waals surface area contributed by atoms with Crippen molar-refractivity contribution in [1.29, 1.82) is 0 Å². The summed E-state index contributed by atoms with van der Waals surface area (Å²) in [7, 11) is 0. The molecule has 0 aliphatic carbocycles. The maximum Gasteiger partial charge on any atom is 0.329 e. The molecule has 3 saturated heterocycles. The van der Waals surface area contributed by atoms with Crippen LogP contribution in [0.5, 0.6) is 0 Å². The number of benzene rings is 1. The molecule has 130 valence electrons. The van der Waals surface area contributed by atoms with Gasteiger partial charge in [-0.05, 0) is 49.9 Å². The molecule has 3 aliphatic heterocycles. The Kier molecular flexibility index (Phi) is 5.19. The van der Waals surface area contributed by atoms with Gasteiger partial charge in [0.2, 0.25) is 0 Å². The van der Waals surface area contributed by atoms with Gasteiger partial charge in [-0.25, -0.2) is 4.79 Å². The van der Waals surface area contributed by atoms with Crippen LogP contribution in [0.1, 0.15) is 37.0 Å². The van der Waals surface area contributed by atoms with E-state index in [1.807, 2.05) is 32.0 Å². The van der Waals surface area contributed by atoms with E-state index in [-0.39, 0.29) is 23.9 Å². The van der Waals surface area contributed by atoms with Crippen molar-refractivity contribution in [2.24, 2.45) is 11.8 Å². The molecule has 1 aromatic carbocycles. The van der Waals surface area contributed by atoms with Crippen LogP contribution in [-0.2, 0) is 9.53 Å². The van der Waals surface area contributed by atoms with Crippen molar-refractivity contribution in [1.82, 2.24) is 10.2 Å². The van der Waals surface area contributed by atoms with Crippen LogP contribution in [0.2, 0.25) is 0 Å². The molecule has 5 nitrogen and oxygen atoms in total. The lowest BCUT2D eigenvalue weighted by Crippen LogP contribution is -2.54. The van der Waals surface area contributed by atoms with Crippen molar-refractivity contribution in [3.8, 4) is 0 Å². The Morgan fingerprint density at radius 3 is 2.38 bits per heavy atom. The van der Waals surface area contributed by atoms with E-state index in [4.69, 9.17) is 4.74 Å². The maximum absolute atomic E-state index is 12.6. The van der Waals surface area contributed by atoms with Crippen LogP contribution < -0.4 is 5.32 Å². The average molecular weight is 330 g/mol. The molecule has 1 N–H and O–H groups in total. The largest absolute Gasteiger partial charge is 0.459 e. The molecule has 0 aromatic heterocycles. The smallest absolute Gasteiger partial charge is 0.329 e. The Morgan fingerprint density at radius 1 is 1.17 bits per heavy atom. The monoisotopic (exact) mass is 330 g/mol. The summed E-state index contributed by atoms with van der Waals surface area (Å²) < 4.78 is 5.79. The molecule has 3 fully saturated rings. The van der Waals surface area contributed by atoms with Crippen molar-refractivity contribution in [3.63, 3.8) is 0 Å². The predicted molar refractivity (Wildman–Crippen MR) is 91.6 cm³/mol. The summed E-state index contributed by atoms with van der Waals surface area (Å²) >= 11 is 0. The summed E-state index contributed by atoms with van der Waals surface area (Å²) in [5.74, 6) is -0.101. The minimum atomic E-state index is -0.617. The summed E-state index contributed by atoms with van der Waals surface area (Å²) in [5.41, 5.74) is 0.554. The zero-order valence-electron chi connectivity index (χ0n) is 14.4. The van der Waals surface area contributed by atoms with Crippen LogP contribution >= 0.6 is 0 Å². The van der Waals surface area contributed by atoms with E-state index in [0.717, 1.165) is 32.5 Å². The molecule has 4 rings (SSSR count). The zero-order chi connectivity index (χ0) is 17.1. The number of carbonyl (C=O) groups is 2. The number of amides is 1. The molecule has 24 heavy (non-hydrogen) atoms. The van der Waals surface area contributed by atoms with E-state index in [0.29, 0.717) is 11.5 Å². The van der Waals surface area contributed by atoms with Crippen LogP contribution in [0.15, 0.2) is 30.3 Å². The van der Waals surface area contributed by atoms with Crippen LogP contribution in [0.4, 0.5) is 0 Å². The lowest BCUT2D eigenvalue weighted by Gasteiger charge is -2.44. The quantitative estimate of drug-likeness (QED) is 0.840. The van der Waals surface area contributed by atoms with Gasteiger partial charge in [-0.15, -0.1) is 0 Å². The third kappa shape index (κ3) is 3.78. The van der Waals surface area contributed by atoms with E-state index < -0.39 is 6.04 Å². The summed E-state index contributed by atoms with van der Waals surface area (Å²) in [6.07, 6.45) is 2.16. The van der Waals surface area contributed by atoms with Crippen molar-refractivity contribution in [2.75, 3.05) is 19.6 Å². The number of carbonyl (C=O) groups excluding carboxylic acids is 2. The first-order valence-electron chi connectivity index (χ1n) is 8.83. The zero-order valence-corrected chi connectivity index (χ0v) is 14.4. The van der Waals surface area contributed by atoms with Crippen molar-refractivity contribution in [2.45, 2.75) is 38.8 Å².